The fraction of sp³-hybridized carbons (Fsp3) is 0.627. The number of esters is 1. The summed E-state index contributed by atoms with van der Waals surface area (Å²) in [5.74, 6) is 0.156. The zero-order valence-electron chi connectivity index (χ0n) is 57.4. The van der Waals surface area contributed by atoms with Crippen molar-refractivity contribution in [3.8, 4) is 11.5 Å². The maximum atomic E-state index is 15.4. The predicted molar refractivity (Wildman–Crippen MR) is 360 cm³/mol. The van der Waals surface area contributed by atoms with Crippen molar-refractivity contribution in [1.82, 2.24) is 18.9 Å². The molecule has 498 valence electrons. The Kier molecular flexibility index (Phi) is 23.0. The molecule has 3 aliphatic heterocycles. The van der Waals surface area contributed by atoms with Crippen LogP contribution in [0.3, 0.4) is 0 Å². The smallest absolute Gasteiger partial charge is 0.335 e. The van der Waals surface area contributed by atoms with Crippen LogP contribution in [0.1, 0.15) is 96.7 Å². The van der Waals surface area contributed by atoms with Crippen LogP contribution in [0.2, 0.25) is 87.6 Å². The minimum atomic E-state index is -2.43. The molecule has 0 saturated carbocycles. The highest BCUT2D eigenvalue weighted by atomic mass is 28.4. The van der Waals surface area contributed by atoms with E-state index in [0.29, 0.717) is 24.7 Å². The second-order valence-electron chi connectivity index (χ2n) is 30.3. The number of hydrogen-bond donors (Lipinski definition) is 0. The van der Waals surface area contributed by atoms with Crippen LogP contribution in [0.15, 0.2) is 94.6 Å². The Labute approximate surface area is 538 Å². The van der Waals surface area contributed by atoms with E-state index in [1.54, 1.807) is 21.1 Å². The third-order valence-electron chi connectivity index (χ3n) is 18.7. The van der Waals surface area contributed by atoms with Gasteiger partial charge < -0.3 is 46.7 Å². The van der Waals surface area contributed by atoms with E-state index in [1.165, 1.54) is 22.6 Å². The highest BCUT2D eigenvalue weighted by molar-refractivity contribution is 6.76. The lowest BCUT2D eigenvalue weighted by Crippen LogP contribution is -2.64. The van der Waals surface area contributed by atoms with E-state index >= 15 is 19.2 Å². The second-order valence-corrected chi connectivity index (χ2v) is 51.1. The van der Waals surface area contributed by atoms with Gasteiger partial charge in [-0.3, -0.25) is 23.9 Å². The standard InChI is InChI=1S/C67H104N4O15Si4/c1-47(72)83-54-38-59(84-56(54)42-81-67(49-24-22-21-23-25-49,50-26-30-52(77-9)31-27-50)51-28-32-53(78-10)33-29-51)69-44-66(8,61(74)71(63(69)76)46-80-35-37-88(14,15)16)40-48-41-68(62(75)70(60(48)73)45-79-34-36-87(11,12)13)58-39-55(86-90(19,20)65(5,6)7)57(85-58)43-82-89(17,18)64(2,3)4/h21-33,41,54-59H,34-40,42-46H2,1-20H3/t54-,55-,56+,57+,58+,59+,66+/m0/s1. The molecule has 3 aliphatic rings. The Morgan fingerprint density at radius 3 is 1.66 bits per heavy atom. The normalized spacial score (nSPS) is 22.4. The molecule has 7 rings (SSSR count). The topological polar surface area (TPSA) is 194 Å². The van der Waals surface area contributed by atoms with Crippen LogP contribution in [0.4, 0.5) is 4.79 Å². The summed E-state index contributed by atoms with van der Waals surface area (Å²) in [5, 5.41) is -0.231. The van der Waals surface area contributed by atoms with E-state index in [-0.39, 0.29) is 68.1 Å². The Hall–Kier alpha value is -5.06. The van der Waals surface area contributed by atoms with Gasteiger partial charge in [-0.05, 0) is 103 Å². The van der Waals surface area contributed by atoms with Crippen molar-refractivity contribution in [2.24, 2.45) is 5.41 Å². The van der Waals surface area contributed by atoms with Crippen LogP contribution in [-0.4, -0.2) is 154 Å². The molecule has 0 aliphatic carbocycles. The van der Waals surface area contributed by atoms with E-state index in [9.17, 15) is 4.79 Å². The summed E-state index contributed by atoms with van der Waals surface area (Å²) in [6.07, 6.45) is -3.24. The summed E-state index contributed by atoms with van der Waals surface area (Å²) in [6.45, 7) is 38.0. The molecule has 1 aromatic heterocycles. The van der Waals surface area contributed by atoms with E-state index in [0.717, 1.165) is 38.2 Å². The number of amides is 3. The molecule has 3 saturated heterocycles. The van der Waals surface area contributed by atoms with Gasteiger partial charge in [0.05, 0.1) is 39.0 Å². The van der Waals surface area contributed by atoms with Crippen molar-refractivity contribution in [3.05, 3.63) is 128 Å². The Bertz CT molecular complexity index is 3160. The lowest BCUT2D eigenvalue weighted by molar-refractivity contribution is -0.159. The number of nitrogens with zero attached hydrogens (tertiary/aromatic N) is 4. The maximum Gasteiger partial charge on any atom is 0.335 e. The summed E-state index contributed by atoms with van der Waals surface area (Å²) in [4.78, 5) is 76.6. The van der Waals surface area contributed by atoms with Crippen LogP contribution in [0, 0.1) is 5.41 Å². The molecular formula is C67H104N4O15Si4. The van der Waals surface area contributed by atoms with Gasteiger partial charge in [-0.25, -0.2) is 19.1 Å². The van der Waals surface area contributed by atoms with Gasteiger partial charge in [0.1, 0.15) is 61.3 Å². The molecule has 3 amide bonds. The summed E-state index contributed by atoms with van der Waals surface area (Å²) in [7, 11) is -4.73. The fourth-order valence-electron chi connectivity index (χ4n) is 11.0. The number of carbonyl (C=O) groups is 3. The molecule has 0 spiro atoms. The first-order valence-electron chi connectivity index (χ1n) is 31.7. The van der Waals surface area contributed by atoms with Crippen molar-refractivity contribution in [2.45, 2.75) is 211 Å². The molecule has 90 heavy (non-hydrogen) atoms. The molecule has 0 bridgehead atoms. The van der Waals surface area contributed by atoms with Gasteiger partial charge in [-0.1, -0.05) is 135 Å². The Morgan fingerprint density at radius 2 is 1.14 bits per heavy atom. The molecule has 7 atom stereocenters. The number of ether oxygens (including phenoxy) is 8. The van der Waals surface area contributed by atoms with Gasteiger partial charge >= 0.3 is 17.7 Å². The van der Waals surface area contributed by atoms with Crippen LogP contribution in [-0.2, 0) is 65.6 Å². The number of benzene rings is 3. The lowest BCUT2D eigenvalue weighted by atomic mass is 9.80. The minimum absolute atomic E-state index is 0.0151. The van der Waals surface area contributed by atoms with E-state index in [4.69, 9.17) is 46.7 Å². The lowest BCUT2D eigenvalue weighted by Gasteiger charge is -2.45. The summed E-state index contributed by atoms with van der Waals surface area (Å²) in [6, 6.07) is 25.9. The Balaban J connectivity index is 1.30. The number of rotatable bonds is 28. The average molecular weight is 1320 g/mol. The van der Waals surface area contributed by atoms with Crippen LogP contribution in [0.25, 0.3) is 0 Å². The minimum Gasteiger partial charge on any atom is -0.497 e. The van der Waals surface area contributed by atoms with Gasteiger partial charge in [0.2, 0.25) is 5.91 Å². The number of urea groups is 1. The van der Waals surface area contributed by atoms with Crippen LogP contribution >= 0.6 is 0 Å². The SMILES string of the molecule is COc1ccc(C(OC[C@H]2O[C@@H](N3C[C@@](C)(Cc4cn([C@H]5C[C@H](O[Si](C)(C)C(C)(C)C)[C@@H](CO[Si](C)(C)C(C)(C)C)O5)c(=O)n(COCC[Si](C)(C)C)c4=O)C(=O)N(COCC[Si](C)(C)C)C3=O)C[C@@H]2OC(C)=O)(c2ccccc2)c2ccc(OC)cc2)cc1. The number of imide groups is 1. The summed E-state index contributed by atoms with van der Waals surface area (Å²) < 4.78 is 67.3. The molecule has 23 heteroatoms. The van der Waals surface area contributed by atoms with Gasteiger partial charge in [0.25, 0.3) is 5.56 Å². The molecule has 19 nitrogen and oxygen atoms in total. The largest absolute Gasteiger partial charge is 0.497 e. The van der Waals surface area contributed by atoms with E-state index < -0.39 is 110 Å². The predicted octanol–water partition coefficient (Wildman–Crippen LogP) is 12.2. The molecule has 0 radical (unpaired) electrons. The van der Waals surface area contributed by atoms with Crippen LogP contribution < -0.4 is 20.7 Å². The first-order valence-corrected chi connectivity index (χ1v) is 45.0. The second kappa shape index (κ2) is 28.7. The number of hydrogen-bond acceptors (Lipinski definition) is 15. The summed E-state index contributed by atoms with van der Waals surface area (Å²) in [5.41, 5.74) is -1.62. The third kappa shape index (κ3) is 17.2. The van der Waals surface area contributed by atoms with Crippen molar-refractivity contribution in [3.63, 3.8) is 0 Å². The first-order chi connectivity index (χ1) is 41.8. The van der Waals surface area contributed by atoms with Crippen molar-refractivity contribution in [2.75, 3.05) is 53.9 Å². The van der Waals surface area contributed by atoms with Gasteiger partial charge in [0, 0.05) is 67.4 Å². The molecule has 4 heterocycles. The zero-order valence-corrected chi connectivity index (χ0v) is 61.4. The van der Waals surface area contributed by atoms with Crippen molar-refractivity contribution >= 4 is 50.7 Å². The molecule has 0 unspecified atom stereocenters. The first kappa shape index (κ1) is 72.4. The van der Waals surface area contributed by atoms with Crippen molar-refractivity contribution < 1.29 is 61.1 Å². The third-order valence-corrected chi connectivity index (χ3v) is 31.1. The highest BCUT2D eigenvalue weighted by Crippen LogP contribution is 2.46. The van der Waals surface area contributed by atoms with Gasteiger partial charge in [0.15, 0.2) is 16.6 Å². The highest BCUT2D eigenvalue weighted by Gasteiger charge is 2.54. The molecule has 3 aromatic carbocycles. The molecule has 3 fully saturated rings. The van der Waals surface area contributed by atoms with Crippen molar-refractivity contribution in [1.29, 1.82) is 0 Å². The molecule has 4 aromatic rings. The Morgan fingerprint density at radius 1 is 0.644 bits per heavy atom. The maximum absolute atomic E-state index is 15.4. The number of methoxy groups -OCH3 is 2. The quantitative estimate of drug-likeness (QED) is 0.0225. The number of carbonyl (C=O) groups excluding carboxylic acids is 3. The fourth-order valence-corrected chi connectivity index (χ4v) is 14.9. The molecular weight excluding hydrogens is 1210 g/mol. The zero-order chi connectivity index (χ0) is 66.6. The van der Waals surface area contributed by atoms with E-state index in [1.807, 2.05) is 78.9 Å². The monoisotopic (exact) mass is 1320 g/mol. The van der Waals surface area contributed by atoms with Gasteiger partial charge in [-0.15, -0.1) is 0 Å². The van der Waals surface area contributed by atoms with Crippen LogP contribution in [0.5, 0.6) is 11.5 Å². The number of aromatic nitrogens is 2. The molecule has 0 N–H and O–H groups in total. The van der Waals surface area contributed by atoms with Gasteiger partial charge in [-0.2, -0.15) is 0 Å². The average Bonchev–Trinajstić information content (AvgIpc) is 1.08. The summed E-state index contributed by atoms with van der Waals surface area (Å²) >= 11 is 0. The van der Waals surface area contributed by atoms with E-state index in [2.05, 4.69) is 107 Å².